The van der Waals surface area contributed by atoms with Gasteiger partial charge in [-0.25, -0.2) is 9.18 Å². The summed E-state index contributed by atoms with van der Waals surface area (Å²) in [6, 6.07) is 10.5. The number of hydrogen-bond acceptors (Lipinski definition) is 5. The lowest BCUT2D eigenvalue weighted by Crippen LogP contribution is -2.48. The number of amides is 1. The molecule has 1 aromatic heterocycles. The Bertz CT molecular complexity index is 1130. The van der Waals surface area contributed by atoms with Gasteiger partial charge >= 0.3 is 12.1 Å². The first-order valence-electron chi connectivity index (χ1n) is 13.0. The molecule has 0 unspecified atom stereocenters. The number of pyridine rings is 1. The summed E-state index contributed by atoms with van der Waals surface area (Å²) in [7, 11) is 0. The van der Waals surface area contributed by atoms with E-state index >= 15 is 0 Å². The second kappa shape index (κ2) is 10.4. The summed E-state index contributed by atoms with van der Waals surface area (Å²) >= 11 is 0. The summed E-state index contributed by atoms with van der Waals surface area (Å²) in [4.78, 5) is 29.0. The van der Waals surface area contributed by atoms with Crippen LogP contribution in [0.2, 0.25) is 0 Å². The highest BCUT2D eigenvalue weighted by Gasteiger charge is 2.54. The molecular formula is C29H33FN2O4. The number of allylic oxidation sites excluding steroid dienone is 1. The number of aromatic nitrogens is 1. The van der Waals surface area contributed by atoms with Gasteiger partial charge in [0.1, 0.15) is 11.9 Å². The third-order valence-corrected chi connectivity index (χ3v) is 8.19. The fourth-order valence-corrected chi connectivity index (χ4v) is 6.54. The minimum atomic E-state index is -0.361. The van der Waals surface area contributed by atoms with E-state index in [1.165, 1.54) is 12.1 Å². The molecule has 7 heteroatoms. The molecule has 1 N–H and O–H groups in total. The summed E-state index contributed by atoms with van der Waals surface area (Å²) in [6.07, 6.45) is 9.15. The van der Waals surface area contributed by atoms with Gasteiger partial charge in [-0.15, -0.1) is 0 Å². The molecule has 1 saturated heterocycles. The van der Waals surface area contributed by atoms with Gasteiger partial charge in [0.05, 0.1) is 18.2 Å². The number of alkyl carbamates (subject to hydrolysis) is 1. The van der Waals surface area contributed by atoms with Crippen LogP contribution in [0.1, 0.15) is 45.2 Å². The van der Waals surface area contributed by atoms with Crippen LogP contribution in [-0.2, 0) is 14.3 Å². The van der Waals surface area contributed by atoms with Crippen LogP contribution in [-0.4, -0.2) is 35.8 Å². The zero-order valence-electron chi connectivity index (χ0n) is 20.7. The van der Waals surface area contributed by atoms with E-state index in [0.717, 1.165) is 42.5 Å². The molecule has 1 amide bonds. The number of rotatable bonds is 5. The van der Waals surface area contributed by atoms with Crippen LogP contribution in [0.25, 0.3) is 17.2 Å². The number of nitrogens with one attached hydrogen (secondary N) is 1. The van der Waals surface area contributed by atoms with Crippen molar-refractivity contribution >= 4 is 18.1 Å². The van der Waals surface area contributed by atoms with Crippen LogP contribution in [0.15, 0.2) is 48.7 Å². The molecule has 0 spiro atoms. The van der Waals surface area contributed by atoms with E-state index in [1.54, 1.807) is 19.2 Å². The van der Waals surface area contributed by atoms with Crippen molar-refractivity contribution in [3.8, 4) is 11.1 Å². The van der Waals surface area contributed by atoms with Crippen molar-refractivity contribution in [1.29, 1.82) is 0 Å². The Hall–Kier alpha value is -3.22. The number of fused-ring (bicyclic) bond motifs is 2. The first-order valence-corrected chi connectivity index (χ1v) is 13.0. The van der Waals surface area contributed by atoms with Crippen LogP contribution in [0.3, 0.4) is 0 Å². The average molecular weight is 493 g/mol. The van der Waals surface area contributed by atoms with Crippen molar-refractivity contribution in [2.75, 3.05) is 6.61 Å². The van der Waals surface area contributed by atoms with Crippen molar-refractivity contribution in [3.63, 3.8) is 0 Å². The predicted octanol–water partition coefficient (Wildman–Crippen LogP) is 5.63. The Balaban J connectivity index is 1.34. The molecule has 1 aromatic carbocycles. The van der Waals surface area contributed by atoms with Gasteiger partial charge in [-0.3, -0.25) is 9.78 Å². The van der Waals surface area contributed by atoms with E-state index in [4.69, 9.17) is 9.47 Å². The number of esters is 1. The lowest BCUT2D eigenvalue weighted by atomic mass is 9.58. The molecule has 0 bridgehead atoms. The van der Waals surface area contributed by atoms with E-state index in [1.807, 2.05) is 31.2 Å². The molecule has 7 atom stereocenters. The van der Waals surface area contributed by atoms with Gasteiger partial charge < -0.3 is 14.8 Å². The molecule has 190 valence electrons. The Kier molecular flexibility index (Phi) is 7.08. The molecule has 1 aliphatic heterocycles. The van der Waals surface area contributed by atoms with Gasteiger partial charge in [-0.2, -0.15) is 0 Å². The topological polar surface area (TPSA) is 77.5 Å². The summed E-state index contributed by atoms with van der Waals surface area (Å²) < 4.78 is 24.5. The van der Waals surface area contributed by atoms with Crippen LogP contribution >= 0.6 is 0 Å². The van der Waals surface area contributed by atoms with E-state index in [0.29, 0.717) is 18.4 Å². The molecule has 3 aliphatic rings. The highest BCUT2D eigenvalue weighted by Crippen LogP contribution is 2.52. The van der Waals surface area contributed by atoms with Gasteiger partial charge in [0.15, 0.2) is 0 Å². The van der Waals surface area contributed by atoms with Gasteiger partial charge in [0.2, 0.25) is 0 Å². The second-order valence-electron chi connectivity index (χ2n) is 10.3. The molecule has 0 radical (unpaired) electrons. The quantitative estimate of drug-likeness (QED) is 0.548. The summed E-state index contributed by atoms with van der Waals surface area (Å²) in [5.74, 6) is 0.617. The van der Waals surface area contributed by atoms with Crippen LogP contribution in [0, 0.1) is 35.4 Å². The summed E-state index contributed by atoms with van der Waals surface area (Å²) in [5.41, 5.74) is 2.48. The lowest BCUT2D eigenvalue weighted by molar-refractivity contribution is -0.145. The van der Waals surface area contributed by atoms with E-state index in [2.05, 4.69) is 16.4 Å². The molecule has 6 nitrogen and oxygen atoms in total. The van der Waals surface area contributed by atoms with E-state index < -0.39 is 0 Å². The van der Waals surface area contributed by atoms with Crippen molar-refractivity contribution in [2.24, 2.45) is 29.6 Å². The first kappa shape index (κ1) is 24.5. The SMILES string of the molecule is CCOC(=O)N[C@@H]1CC[C@@H]2[C@@H](C1)C[C@H]1OC(=O)[C@H](C)[C@H]1[C@H]2C=Cc1ccc(-c2cccc(F)c2)cn1. The standard InChI is InChI=1S/C29H33FN2O4/c1-3-35-29(34)32-23-10-11-24-20(14-23)15-26-27(17(2)28(33)36-26)25(24)12-9-22-8-7-19(16-31-22)18-5-4-6-21(30)13-18/h4-9,12-13,16-17,20,23-27H,3,10-11,14-15H2,1-2H3,(H,32,34)/t17-,20+,23-,24-,25+,26-,27+/m1/s1. The molecule has 3 fully saturated rings. The minimum absolute atomic E-state index is 0.0815. The molecule has 2 heterocycles. The maximum Gasteiger partial charge on any atom is 0.407 e. The smallest absolute Gasteiger partial charge is 0.407 e. The van der Waals surface area contributed by atoms with Crippen LogP contribution in [0.4, 0.5) is 9.18 Å². The number of halogens is 1. The summed E-state index contributed by atoms with van der Waals surface area (Å²) in [6.45, 7) is 4.13. The van der Waals surface area contributed by atoms with Crippen LogP contribution < -0.4 is 5.32 Å². The maximum absolute atomic E-state index is 13.6. The van der Waals surface area contributed by atoms with E-state index in [9.17, 15) is 14.0 Å². The third-order valence-electron chi connectivity index (χ3n) is 8.19. The lowest BCUT2D eigenvalue weighted by Gasteiger charge is -2.47. The van der Waals surface area contributed by atoms with Gasteiger partial charge in [-0.1, -0.05) is 31.2 Å². The number of nitrogens with zero attached hydrogens (tertiary/aromatic N) is 1. The Morgan fingerprint density at radius 1 is 1.22 bits per heavy atom. The number of hydrogen-bond donors (Lipinski definition) is 1. The molecule has 2 aromatic rings. The average Bonchev–Trinajstić information content (AvgIpc) is 3.15. The molecule has 2 saturated carbocycles. The third kappa shape index (κ3) is 5.01. The Morgan fingerprint density at radius 2 is 2.08 bits per heavy atom. The highest BCUT2D eigenvalue weighted by atomic mass is 19.1. The molecule has 36 heavy (non-hydrogen) atoms. The largest absolute Gasteiger partial charge is 0.462 e. The minimum Gasteiger partial charge on any atom is -0.462 e. The van der Waals surface area contributed by atoms with Crippen molar-refractivity contribution < 1.29 is 23.5 Å². The number of benzene rings is 1. The Morgan fingerprint density at radius 3 is 2.83 bits per heavy atom. The number of ether oxygens (including phenoxy) is 2. The maximum atomic E-state index is 13.6. The molecular weight excluding hydrogens is 459 g/mol. The highest BCUT2D eigenvalue weighted by molar-refractivity contribution is 5.75. The van der Waals surface area contributed by atoms with Crippen LogP contribution in [0.5, 0.6) is 0 Å². The summed E-state index contributed by atoms with van der Waals surface area (Å²) in [5, 5.41) is 3.00. The second-order valence-corrected chi connectivity index (χ2v) is 10.3. The zero-order valence-corrected chi connectivity index (χ0v) is 20.7. The number of carbonyl (C=O) groups is 2. The van der Waals surface area contributed by atoms with Gasteiger partial charge in [-0.05, 0) is 80.2 Å². The van der Waals surface area contributed by atoms with Crippen molar-refractivity contribution in [2.45, 2.75) is 51.7 Å². The Labute approximate surface area is 211 Å². The normalized spacial score (nSPS) is 31.4. The molecule has 5 rings (SSSR count). The fourth-order valence-electron chi connectivity index (χ4n) is 6.54. The predicted molar refractivity (Wildman–Crippen MR) is 134 cm³/mol. The fraction of sp³-hybridized carbons (Fsp3) is 0.483. The van der Waals surface area contributed by atoms with Crippen molar-refractivity contribution in [3.05, 3.63) is 60.2 Å². The number of carbonyl (C=O) groups excluding carboxylic acids is 2. The van der Waals surface area contributed by atoms with E-state index in [-0.39, 0.29) is 47.8 Å². The van der Waals surface area contributed by atoms with Crippen molar-refractivity contribution in [1.82, 2.24) is 10.3 Å². The van der Waals surface area contributed by atoms with Gasteiger partial charge in [0.25, 0.3) is 0 Å². The monoisotopic (exact) mass is 492 g/mol. The first-order chi connectivity index (χ1) is 17.4. The zero-order chi connectivity index (χ0) is 25.2. The molecule has 2 aliphatic carbocycles. The van der Waals surface area contributed by atoms with Gasteiger partial charge in [0, 0.05) is 23.7 Å².